The Morgan fingerprint density at radius 3 is 3.22 bits per heavy atom. The van der Waals surface area contributed by atoms with Crippen molar-refractivity contribution in [2.45, 2.75) is 25.8 Å². The number of rotatable bonds is 3. The molecule has 0 amide bonds. The normalized spacial score (nSPS) is 18.6. The van der Waals surface area contributed by atoms with Crippen LogP contribution in [0.3, 0.4) is 0 Å². The number of nitrogens with zero attached hydrogens (tertiary/aromatic N) is 3. The maximum atomic E-state index is 11.0. The fourth-order valence-electron chi connectivity index (χ4n) is 2.21. The molecule has 0 fully saturated rings. The molecule has 0 aliphatic carbocycles. The summed E-state index contributed by atoms with van der Waals surface area (Å²) < 4.78 is 1.85. The van der Waals surface area contributed by atoms with E-state index >= 15 is 0 Å². The van der Waals surface area contributed by atoms with Crippen molar-refractivity contribution in [2.75, 3.05) is 0 Å². The van der Waals surface area contributed by atoms with Gasteiger partial charge < -0.3 is 5.11 Å². The van der Waals surface area contributed by atoms with Gasteiger partial charge in [0, 0.05) is 24.3 Å². The Morgan fingerprint density at radius 1 is 1.61 bits per heavy atom. The minimum atomic E-state index is -0.732. The molecule has 0 radical (unpaired) electrons. The van der Waals surface area contributed by atoms with Crippen LogP contribution in [0.15, 0.2) is 17.5 Å². The molecule has 3 rings (SSSR count). The number of hydrogen-bond donors (Lipinski definition) is 1. The van der Waals surface area contributed by atoms with E-state index in [9.17, 15) is 4.79 Å². The highest BCUT2D eigenvalue weighted by molar-refractivity contribution is 7.09. The molecule has 1 atom stereocenters. The lowest BCUT2D eigenvalue weighted by atomic mass is 9.98. The summed E-state index contributed by atoms with van der Waals surface area (Å²) in [7, 11) is 0. The number of aryl methyl sites for hydroxylation is 1. The van der Waals surface area contributed by atoms with Crippen LogP contribution in [0.25, 0.3) is 0 Å². The molecule has 1 unspecified atom stereocenters. The maximum Gasteiger partial charge on any atom is 0.307 e. The molecule has 3 heterocycles. The van der Waals surface area contributed by atoms with Gasteiger partial charge in [-0.15, -0.1) is 11.3 Å². The fourth-order valence-corrected chi connectivity index (χ4v) is 2.91. The predicted octanol–water partition coefficient (Wildman–Crippen LogP) is 1.58. The Balaban J connectivity index is 1.78. The van der Waals surface area contributed by atoms with Crippen molar-refractivity contribution < 1.29 is 9.90 Å². The van der Waals surface area contributed by atoms with Crippen LogP contribution in [-0.2, 0) is 24.2 Å². The number of carbonyl (C=O) groups is 1. The number of carboxylic acid groups (broad SMARTS) is 1. The second-order valence-corrected chi connectivity index (χ2v) is 5.48. The molecular formula is C12H13N3O2S. The van der Waals surface area contributed by atoms with Gasteiger partial charge in [0.25, 0.3) is 0 Å². The molecule has 0 bridgehead atoms. The zero-order chi connectivity index (χ0) is 12.5. The standard InChI is InChI=1S/C12H13N3O2S/c16-12(17)8-3-4-15-11(6-8)13-10(14-15)7-9-2-1-5-18-9/h1-2,5,8H,3-4,6-7H2,(H,16,17). The summed E-state index contributed by atoms with van der Waals surface area (Å²) in [5, 5.41) is 15.5. The number of aliphatic carboxylic acids is 1. The first-order valence-electron chi connectivity index (χ1n) is 5.90. The van der Waals surface area contributed by atoms with Crippen molar-refractivity contribution >= 4 is 17.3 Å². The first-order chi connectivity index (χ1) is 8.72. The van der Waals surface area contributed by atoms with E-state index in [1.54, 1.807) is 11.3 Å². The number of hydrogen-bond acceptors (Lipinski definition) is 4. The first kappa shape index (κ1) is 11.4. The van der Waals surface area contributed by atoms with E-state index in [1.165, 1.54) is 4.88 Å². The highest BCUT2D eigenvalue weighted by Crippen LogP contribution is 2.20. The van der Waals surface area contributed by atoms with Gasteiger partial charge in [0.1, 0.15) is 5.82 Å². The largest absolute Gasteiger partial charge is 0.481 e. The third-order valence-corrected chi connectivity index (χ3v) is 4.05. The Kier molecular flexibility index (Phi) is 2.87. The molecular weight excluding hydrogens is 250 g/mol. The molecule has 1 aliphatic heterocycles. The summed E-state index contributed by atoms with van der Waals surface area (Å²) in [4.78, 5) is 16.7. The number of aromatic nitrogens is 3. The molecule has 2 aromatic heterocycles. The van der Waals surface area contributed by atoms with Crippen molar-refractivity contribution in [1.82, 2.24) is 14.8 Å². The second kappa shape index (κ2) is 4.53. The van der Waals surface area contributed by atoms with E-state index in [2.05, 4.69) is 16.1 Å². The predicted molar refractivity (Wildman–Crippen MR) is 66.6 cm³/mol. The summed E-state index contributed by atoms with van der Waals surface area (Å²) in [5.41, 5.74) is 0. The smallest absolute Gasteiger partial charge is 0.307 e. The van der Waals surface area contributed by atoms with Crippen LogP contribution in [0, 0.1) is 5.92 Å². The van der Waals surface area contributed by atoms with Crippen molar-refractivity contribution in [3.63, 3.8) is 0 Å². The van der Waals surface area contributed by atoms with Crippen molar-refractivity contribution in [3.8, 4) is 0 Å². The maximum absolute atomic E-state index is 11.0. The highest BCUT2D eigenvalue weighted by atomic mass is 32.1. The molecule has 1 N–H and O–H groups in total. The third-order valence-electron chi connectivity index (χ3n) is 3.17. The van der Waals surface area contributed by atoms with E-state index in [-0.39, 0.29) is 5.92 Å². The van der Waals surface area contributed by atoms with Gasteiger partial charge in [-0.2, -0.15) is 5.10 Å². The summed E-state index contributed by atoms with van der Waals surface area (Å²) in [5.74, 6) is 0.555. The molecule has 0 saturated heterocycles. The van der Waals surface area contributed by atoms with Gasteiger partial charge in [-0.05, 0) is 17.9 Å². The highest BCUT2D eigenvalue weighted by Gasteiger charge is 2.26. The monoisotopic (exact) mass is 263 g/mol. The van der Waals surface area contributed by atoms with Crippen LogP contribution in [0.1, 0.15) is 22.9 Å². The molecule has 18 heavy (non-hydrogen) atoms. The van der Waals surface area contributed by atoms with Crippen LogP contribution in [0.5, 0.6) is 0 Å². The van der Waals surface area contributed by atoms with Crippen LogP contribution in [0.2, 0.25) is 0 Å². The van der Waals surface area contributed by atoms with Crippen LogP contribution >= 0.6 is 11.3 Å². The van der Waals surface area contributed by atoms with Gasteiger partial charge in [-0.1, -0.05) is 6.07 Å². The molecule has 2 aromatic rings. The summed E-state index contributed by atoms with van der Waals surface area (Å²) >= 11 is 1.69. The van der Waals surface area contributed by atoms with Gasteiger partial charge in [0.15, 0.2) is 5.82 Å². The summed E-state index contributed by atoms with van der Waals surface area (Å²) in [6.45, 7) is 0.656. The molecule has 0 aromatic carbocycles. The van der Waals surface area contributed by atoms with Crippen molar-refractivity contribution in [2.24, 2.45) is 5.92 Å². The van der Waals surface area contributed by atoms with Gasteiger partial charge >= 0.3 is 5.97 Å². The second-order valence-electron chi connectivity index (χ2n) is 4.45. The molecule has 0 spiro atoms. The quantitative estimate of drug-likeness (QED) is 0.912. The van der Waals surface area contributed by atoms with Gasteiger partial charge in [-0.25, -0.2) is 9.67 Å². The fraction of sp³-hybridized carbons (Fsp3) is 0.417. The van der Waals surface area contributed by atoms with E-state index in [0.29, 0.717) is 19.4 Å². The average Bonchev–Trinajstić information content (AvgIpc) is 2.96. The third kappa shape index (κ3) is 2.15. The van der Waals surface area contributed by atoms with E-state index < -0.39 is 5.97 Å². The van der Waals surface area contributed by atoms with Gasteiger partial charge in [0.05, 0.1) is 5.92 Å². The lowest BCUT2D eigenvalue weighted by molar-refractivity contribution is -0.142. The van der Waals surface area contributed by atoms with Crippen molar-refractivity contribution in [3.05, 3.63) is 34.0 Å². The van der Waals surface area contributed by atoms with Crippen LogP contribution in [-0.4, -0.2) is 25.8 Å². The SMILES string of the molecule is O=C(O)C1CCn2nc(Cc3cccs3)nc2C1. The van der Waals surface area contributed by atoms with Crippen LogP contribution in [0.4, 0.5) is 0 Å². The number of carboxylic acids is 1. The minimum Gasteiger partial charge on any atom is -0.481 e. The summed E-state index contributed by atoms with van der Waals surface area (Å²) in [6, 6.07) is 4.07. The Labute approximate surface area is 108 Å². The Hall–Kier alpha value is -1.69. The van der Waals surface area contributed by atoms with E-state index in [1.807, 2.05) is 16.1 Å². The lowest BCUT2D eigenvalue weighted by Crippen LogP contribution is -2.26. The van der Waals surface area contributed by atoms with Crippen LogP contribution < -0.4 is 0 Å². The zero-order valence-electron chi connectivity index (χ0n) is 9.74. The van der Waals surface area contributed by atoms with Gasteiger partial charge in [0.2, 0.25) is 0 Å². The van der Waals surface area contributed by atoms with E-state index in [0.717, 1.165) is 18.1 Å². The summed E-state index contributed by atoms with van der Waals surface area (Å²) in [6.07, 6.45) is 1.87. The molecule has 6 heteroatoms. The molecule has 94 valence electrons. The topological polar surface area (TPSA) is 68.0 Å². The first-order valence-corrected chi connectivity index (χ1v) is 6.78. The number of thiophene rings is 1. The molecule has 0 saturated carbocycles. The Bertz CT molecular complexity index is 562. The lowest BCUT2D eigenvalue weighted by Gasteiger charge is -2.17. The number of fused-ring (bicyclic) bond motifs is 1. The van der Waals surface area contributed by atoms with Gasteiger partial charge in [-0.3, -0.25) is 4.79 Å². The Morgan fingerprint density at radius 2 is 2.50 bits per heavy atom. The molecule has 1 aliphatic rings. The zero-order valence-corrected chi connectivity index (χ0v) is 10.6. The van der Waals surface area contributed by atoms with Crippen molar-refractivity contribution in [1.29, 1.82) is 0 Å². The molecule has 5 nitrogen and oxygen atoms in total. The van der Waals surface area contributed by atoms with E-state index in [4.69, 9.17) is 5.11 Å². The average molecular weight is 263 g/mol. The minimum absolute atomic E-state index is 0.309.